The summed E-state index contributed by atoms with van der Waals surface area (Å²) in [5.74, 6) is -8.20. The molecule has 10 nitrogen and oxygen atoms in total. The second-order valence-corrected chi connectivity index (χ2v) is 11.5. The van der Waals surface area contributed by atoms with Gasteiger partial charge in [-0.2, -0.15) is 0 Å². The molecule has 0 heterocycles. The van der Waals surface area contributed by atoms with E-state index in [9.17, 15) is 39.9 Å². The van der Waals surface area contributed by atoms with E-state index in [4.69, 9.17) is 0 Å². The molecule has 38 heavy (non-hydrogen) atoms. The zero-order chi connectivity index (χ0) is 28.5. The van der Waals surface area contributed by atoms with E-state index in [1.807, 2.05) is 6.92 Å². The largest absolute Gasteiger partial charge is 0.508 e. The maximum Gasteiger partial charge on any atom is 0.258 e. The van der Waals surface area contributed by atoms with Crippen molar-refractivity contribution in [2.24, 2.45) is 11.8 Å². The topological polar surface area (TPSA) is 168 Å². The van der Waals surface area contributed by atoms with Crippen LogP contribution in [0.4, 0.5) is 0 Å². The lowest BCUT2D eigenvalue weighted by Gasteiger charge is -2.53. The van der Waals surface area contributed by atoms with Gasteiger partial charge in [0.15, 0.2) is 11.4 Å². The quantitative estimate of drug-likeness (QED) is 0.312. The number of fused-ring (bicyclic) bond motifs is 3. The molecule has 0 saturated heterocycles. The van der Waals surface area contributed by atoms with Crippen LogP contribution in [-0.4, -0.2) is 85.3 Å². The number of Topliss-reactive ketones (excluding diaryl/α,β-unsaturated/α-hetero) is 2. The zero-order valence-corrected chi connectivity index (χ0v) is 22.4. The van der Waals surface area contributed by atoms with Gasteiger partial charge in [-0.15, -0.1) is 0 Å². The number of phenolic OH excluding ortho intramolecular Hbond substituents is 1. The fraction of sp³-hybridized carbons (Fsp3) is 0.536. The molecule has 1 fully saturated rings. The number of likely N-dealkylation sites (N-methyl/N-ethyl adjacent to an activating group) is 1. The van der Waals surface area contributed by atoms with E-state index in [0.29, 0.717) is 12.0 Å². The first-order valence-corrected chi connectivity index (χ1v) is 12.8. The molecule has 10 heteroatoms. The predicted octanol–water partition coefficient (Wildman–Crippen LogP) is 1.71. The van der Waals surface area contributed by atoms with E-state index in [-0.39, 0.29) is 16.9 Å². The molecular weight excluding hydrogens is 492 g/mol. The summed E-state index contributed by atoms with van der Waals surface area (Å²) in [5.41, 5.74) is -4.30. The number of aromatic hydroxyl groups is 1. The molecule has 6 atom stereocenters. The van der Waals surface area contributed by atoms with Crippen molar-refractivity contribution in [1.29, 1.82) is 0 Å². The third-order valence-electron chi connectivity index (χ3n) is 8.30. The summed E-state index contributed by atoms with van der Waals surface area (Å²) >= 11 is 0. The van der Waals surface area contributed by atoms with Gasteiger partial charge in [0, 0.05) is 17.0 Å². The van der Waals surface area contributed by atoms with Crippen molar-refractivity contribution in [1.82, 2.24) is 10.2 Å². The molecule has 1 aromatic carbocycles. The van der Waals surface area contributed by atoms with E-state index >= 15 is 0 Å². The number of amides is 1. The van der Waals surface area contributed by atoms with Gasteiger partial charge in [0.05, 0.1) is 23.6 Å². The average Bonchev–Trinajstić information content (AvgIpc) is 2.80. The molecule has 6 N–H and O–H groups in total. The maximum atomic E-state index is 14.1. The number of carbonyl (C=O) groups is 3. The Bertz CT molecular complexity index is 1280. The van der Waals surface area contributed by atoms with Crippen molar-refractivity contribution in [3.63, 3.8) is 0 Å². The lowest BCUT2D eigenvalue weighted by molar-refractivity contribution is -0.169. The molecule has 1 aromatic rings. The number of ketones is 2. The van der Waals surface area contributed by atoms with Crippen molar-refractivity contribution >= 4 is 23.2 Å². The number of aliphatic hydroxyl groups excluding tert-OH is 3. The normalized spacial score (nSPS) is 31.2. The molecule has 2 unspecified atom stereocenters. The predicted molar refractivity (Wildman–Crippen MR) is 138 cm³/mol. The lowest BCUT2D eigenvalue weighted by Crippen LogP contribution is -2.70. The highest BCUT2D eigenvalue weighted by Crippen LogP contribution is 2.56. The third kappa shape index (κ3) is 3.77. The highest BCUT2D eigenvalue weighted by molar-refractivity contribution is 6.25. The first kappa shape index (κ1) is 27.8. The Kier molecular flexibility index (Phi) is 6.75. The van der Waals surface area contributed by atoms with Crippen LogP contribution in [0, 0.1) is 11.8 Å². The second kappa shape index (κ2) is 9.21. The van der Waals surface area contributed by atoms with Gasteiger partial charge in [0.1, 0.15) is 22.8 Å². The summed E-state index contributed by atoms with van der Waals surface area (Å²) in [6, 6.07) is 3.22. The van der Waals surface area contributed by atoms with Crippen molar-refractivity contribution in [3.8, 4) is 5.75 Å². The van der Waals surface area contributed by atoms with Crippen LogP contribution in [0.5, 0.6) is 5.75 Å². The number of hydrogen-bond acceptors (Lipinski definition) is 9. The van der Waals surface area contributed by atoms with Crippen molar-refractivity contribution in [2.45, 2.75) is 69.7 Å². The van der Waals surface area contributed by atoms with Crippen LogP contribution < -0.4 is 5.32 Å². The molecule has 0 aromatic heterocycles. The maximum absolute atomic E-state index is 14.1. The van der Waals surface area contributed by atoms with E-state index in [1.54, 1.807) is 32.9 Å². The Morgan fingerprint density at radius 1 is 1.16 bits per heavy atom. The van der Waals surface area contributed by atoms with Crippen molar-refractivity contribution < 1.29 is 39.9 Å². The lowest BCUT2D eigenvalue weighted by atomic mass is 9.54. The Morgan fingerprint density at radius 2 is 1.79 bits per heavy atom. The highest BCUT2D eigenvalue weighted by atomic mass is 16.4. The summed E-state index contributed by atoms with van der Waals surface area (Å²) in [4.78, 5) is 42.5. The number of carbonyl (C=O) groups excluding carboxylic acids is 3. The third-order valence-corrected chi connectivity index (χ3v) is 8.30. The number of phenols is 1. The van der Waals surface area contributed by atoms with Crippen LogP contribution in [0.15, 0.2) is 35.1 Å². The molecule has 3 aliphatic rings. The smallest absolute Gasteiger partial charge is 0.258 e. The minimum absolute atomic E-state index is 0.00681. The SMILES string of the molecule is CCCC(C)(C)NC(=O)C1=C(O)[C@@]2(O)C(=O)C3=C(O)c4c(O)cccc4[C@H](C)C3[C@H](O)C2[C@H](N(C)C)C1=O. The van der Waals surface area contributed by atoms with Gasteiger partial charge in [-0.3, -0.25) is 19.3 Å². The molecule has 0 spiro atoms. The van der Waals surface area contributed by atoms with E-state index < -0.39 is 75.6 Å². The minimum Gasteiger partial charge on any atom is -0.508 e. The average molecular weight is 529 g/mol. The Morgan fingerprint density at radius 3 is 2.37 bits per heavy atom. The van der Waals surface area contributed by atoms with Gasteiger partial charge in [-0.05, 0) is 51.9 Å². The number of benzene rings is 1. The van der Waals surface area contributed by atoms with E-state index in [0.717, 1.165) is 6.42 Å². The van der Waals surface area contributed by atoms with Crippen molar-refractivity contribution in [3.05, 3.63) is 46.2 Å². The number of aliphatic hydroxyl groups is 4. The van der Waals surface area contributed by atoms with Gasteiger partial charge in [0.25, 0.3) is 5.91 Å². The summed E-state index contributed by atoms with van der Waals surface area (Å²) in [5, 5.41) is 59.2. The summed E-state index contributed by atoms with van der Waals surface area (Å²) in [6.07, 6.45) is -0.295. The van der Waals surface area contributed by atoms with Crippen LogP contribution >= 0.6 is 0 Å². The molecule has 4 rings (SSSR count). The first-order chi connectivity index (χ1) is 17.6. The van der Waals surface area contributed by atoms with Gasteiger partial charge in [-0.25, -0.2) is 0 Å². The van der Waals surface area contributed by atoms with Gasteiger partial charge in [0.2, 0.25) is 5.78 Å². The monoisotopic (exact) mass is 528 g/mol. The standard InChI is InChI=1S/C28H36N2O8/c1-7-11-27(3,4)29-26(37)18-23(34)20(30(5)6)19-22(33)15-12(2)13-9-8-10-14(31)16(13)21(32)17(15)24(35)28(19,38)25(18)36/h8-10,12,15,19-20,22,31-33,36,38H,7,11H2,1-6H3,(H,29,37)/t12-,15?,19?,20-,22-,28-/m0/s1. The molecule has 0 aliphatic heterocycles. The van der Waals surface area contributed by atoms with E-state index in [2.05, 4.69) is 5.32 Å². The first-order valence-electron chi connectivity index (χ1n) is 12.8. The summed E-state index contributed by atoms with van der Waals surface area (Å²) < 4.78 is 0. The van der Waals surface area contributed by atoms with Crippen LogP contribution in [0.25, 0.3) is 5.76 Å². The number of rotatable bonds is 5. The van der Waals surface area contributed by atoms with Gasteiger partial charge < -0.3 is 30.8 Å². The summed E-state index contributed by atoms with van der Waals surface area (Å²) in [6.45, 7) is 7.12. The fourth-order valence-electron chi connectivity index (χ4n) is 6.61. The Labute approximate surface area is 221 Å². The van der Waals surface area contributed by atoms with Gasteiger partial charge >= 0.3 is 0 Å². The van der Waals surface area contributed by atoms with E-state index in [1.165, 1.54) is 25.1 Å². The van der Waals surface area contributed by atoms with Crippen molar-refractivity contribution in [2.75, 3.05) is 14.1 Å². The fourth-order valence-corrected chi connectivity index (χ4v) is 6.61. The Hall–Kier alpha value is -3.21. The zero-order valence-electron chi connectivity index (χ0n) is 22.4. The number of hydrogen-bond donors (Lipinski definition) is 6. The van der Waals surface area contributed by atoms with Crippen LogP contribution in [0.1, 0.15) is 57.6 Å². The molecule has 1 saturated carbocycles. The summed E-state index contributed by atoms with van der Waals surface area (Å²) in [7, 11) is 3.03. The second-order valence-electron chi connectivity index (χ2n) is 11.5. The minimum atomic E-state index is -2.88. The molecule has 206 valence electrons. The number of nitrogens with zero attached hydrogens (tertiary/aromatic N) is 1. The van der Waals surface area contributed by atoms with Crippen LogP contribution in [0.2, 0.25) is 0 Å². The molecular formula is C28H36N2O8. The van der Waals surface area contributed by atoms with Crippen LogP contribution in [-0.2, 0) is 14.4 Å². The molecule has 3 aliphatic carbocycles. The van der Waals surface area contributed by atoms with Gasteiger partial charge in [-0.1, -0.05) is 32.4 Å². The molecule has 1 amide bonds. The molecule has 0 radical (unpaired) electrons. The highest BCUT2D eigenvalue weighted by Gasteiger charge is 2.68. The van der Waals surface area contributed by atoms with Crippen LogP contribution in [0.3, 0.4) is 0 Å². The number of nitrogens with one attached hydrogen (secondary N) is 1. The Balaban J connectivity index is 1.97. The molecule has 0 bridgehead atoms.